The Kier molecular flexibility index (Phi) is 2.33. The molecule has 0 aliphatic carbocycles. The Morgan fingerprint density at radius 3 is 2.86 bits per heavy atom. The Balaban J connectivity index is 2.79. The molecule has 2 N–H and O–H groups in total. The first kappa shape index (κ1) is 9.68. The molecule has 0 aliphatic heterocycles. The highest BCUT2D eigenvalue weighted by Crippen LogP contribution is 2.19. The van der Waals surface area contributed by atoms with E-state index in [1.54, 1.807) is 0 Å². The van der Waals surface area contributed by atoms with E-state index in [1.807, 2.05) is 36.6 Å². The van der Waals surface area contributed by atoms with Crippen molar-refractivity contribution in [2.75, 3.05) is 0 Å². The minimum absolute atomic E-state index is 0.0505. The summed E-state index contributed by atoms with van der Waals surface area (Å²) in [6.07, 6.45) is 1.99. The van der Waals surface area contributed by atoms with Crippen LogP contribution in [0.3, 0.4) is 0 Å². The molecule has 0 radical (unpaired) electrons. The topological polar surface area (TPSA) is 43.3 Å². The fourth-order valence-electron chi connectivity index (χ4n) is 1.56. The Bertz CT molecular complexity index is 473. The fraction of sp³-hybridized carbons (Fsp3) is 0.300. The molecule has 3 nitrogen and oxygen atoms in total. The van der Waals surface area contributed by atoms with Gasteiger partial charge in [0.2, 0.25) is 0 Å². The molecule has 4 heteroatoms. The highest BCUT2D eigenvalue weighted by atomic mass is 79.9. The van der Waals surface area contributed by atoms with Crippen LogP contribution in [0.2, 0.25) is 0 Å². The van der Waals surface area contributed by atoms with Crippen LogP contribution in [0, 0.1) is 6.92 Å². The number of halogens is 1. The van der Waals surface area contributed by atoms with Gasteiger partial charge in [-0.25, -0.2) is 4.98 Å². The second kappa shape index (κ2) is 3.37. The molecule has 0 aliphatic rings. The van der Waals surface area contributed by atoms with Gasteiger partial charge in [0.05, 0.1) is 17.3 Å². The lowest BCUT2D eigenvalue weighted by molar-refractivity contribution is 0.733. The van der Waals surface area contributed by atoms with Crippen molar-refractivity contribution in [3.63, 3.8) is 0 Å². The number of hydrogen-bond donors (Lipinski definition) is 1. The van der Waals surface area contributed by atoms with Crippen LogP contribution in [-0.4, -0.2) is 9.38 Å². The van der Waals surface area contributed by atoms with Crippen molar-refractivity contribution in [2.45, 2.75) is 19.9 Å². The first-order valence-electron chi connectivity index (χ1n) is 4.49. The van der Waals surface area contributed by atoms with E-state index in [-0.39, 0.29) is 6.04 Å². The van der Waals surface area contributed by atoms with Crippen LogP contribution in [0.25, 0.3) is 5.52 Å². The lowest BCUT2D eigenvalue weighted by atomic mass is 10.3. The molecule has 2 aromatic rings. The van der Waals surface area contributed by atoms with Crippen molar-refractivity contribution in [2.24, 2.45) is 5.73 Å². The molecule has 1 atom stereocenters. The van der Waals surface area contributed by atoms with Crippen LogP contribution in [0.15, 0.2) is 22.8 Å². The van der Waals surface area contributed by atoms with Crippen molar-refractivity contribution in [3.8, 4) is 0 Å². The van der Waals surface area contributed by atoms with E-state index in [2.05, 4.69) is 20.9 Å². The summed E-state index contributed by atoms with van der Waals surface area (Å²) < 4.78 is 3.06. The molecule has 2 rings (SSSR count). The molecule has 0 bridgehead atoms. The predicted molar refractivity (Wildman–Crippen MR) is 60.2 cm³/mol. The summed E-state index contributed by atoms with van der Waals surface area (Å²) in [7, 11) is 0. The van der Waals surface area contributed by atoms with Crippen LogP contribution in [-0.2, 0) is 0 Å². The standard InChI is InChI=1S/C10H12BrN3/c1-6(12)10-13-7(2)9-4-3-8(11)5-14(9)10/h3-6H,12H2,1-2H3. The van der Waals surface area contributed by atoms with Gasteiger partial charge in [0.25, 0.3) is 0 Å². The maximum Gasteiger partial charge on any atom is 0.130 e. The molecule has 74 valence electrons. The Labute approximate surface area is 91.1 Å². The predicted octanol–water partition coefficient (Wildman–Crippen LogP) is 2.42. The number of rotatable bonds is 1. The fourth-order valence-corrected chi connectivity index (χ4v) is 1.90. The summed E-state index contributed by atoms with van der Waals surface area (Å²) in [5, 5.41) is 0. The second-order valence-corrected chi connectivity index (χ2v) is 4.36. The van der Waals surface area contributed by atoms with Crippen molar-refractivity contribution in [1.82, 2.24) is 9.38 Å². The minimum Gasteiger partial charge on any atom is -0.322 e. The Morgan fingerprint density at radius 1 is 1.50 bits per heavy atom. The van der Waals surface area contributed by atoms with E-state index in [1.165, 1.54) is 0 Å². The molecule has 0 amide bonds. The summed E-state index contributed by atoms with van der Waals surface area (Å²) in [6, 6.07) is 4.00. The van der Waals surface area contributed by atoms with Gasteiger partial charge in [-0.3, -0.25) is 0 Å². The van der Waals surface area contributed by atoms with Gasteiger partial charge in [-0.1, -0.05) is 0 Å². The largest absolute Gasteiger partial charge is 0.322 e. The molecule has 2 heterocycles. The molecule has 14 heavy (non-hydrogen) atoms. The van der Waals surface area contributed by atoms with Gasteiger partial charge in [0, 0.05) is 10.7 Å². The summed E-state index contributed by atoms with van der Waals surface area (Å²) in [4.78, 5) is 4.45. The highest BCUT2D eigenvalue weighted by molar-refractivity contribution is 9.10. The Morgan fingerprint density at radius 2 is 2.21 bits per heavy atom. The van der Waals surface area contributed by atoms with Crippen molar-refractivity contribution < 1.29 is 0 Å². The molecular weight excluding hydrogens is 242 g/mol. The van der Waals surface area contributed by atoms with E-state index >= 15 is 0 Å². The van der Waals surface area contributed by atoms with Crippen LogP contribution >= 0.6 is 15.9 Å². The average molecular weight is 254 g/mol. The minimum atomic E-state index is -0.0505. The SMILES string of the molecule is Cc1nc(C(C)N)n2cc(Br)ccc12. The van der Waals surface area contributed by atoms with E-state index in [0.29, 0.717) is 0 Å². The number of aromatic nitrogens is 2. The smallest absolute Gasteiger partial charge is 0.130 e. The number of nitrogens with two attached hydrogens (primary N) is 1. The van der Waals surface area contributed by atoms with Crippen LogP contribution in [0.5, 0.6) is 0 Å². The zero-order chi connectivity index (χ0) is 10.3. The maximum atomic E-state index is 5.84. The zero-order valence-electron chi connectivity index (χ0n) is 8.16. The van der Waals surface area contributed by atoms with Gasteiger partial charge < -0.3 is 10.1 Å². The molecule has 1 unspecified atom stereocenters. The van der Waals surface area contributed by atoms with Gasteiger partial charge in [-0.15, -0.1) is 0 Å². The van der Waals surface area contributed by atoms with Crippen molar-refractivity contribution in [3.05, 3.63) is 34.3 Å². The third-order valence-corrected chi connectivity index (χ3v) is 2.69. The van der Waals surface area contributed by atoms with Gasteiger partial charge in [0.15, 0.2) is 0 Å². The summed E-state index contributed by atoms with van der Waals surface area (Å²) in [5.74, 6) is 0.902. The molecule has 0 spiro atoms. The van der Waals surface area contributed by atoms with Crippen molar-refractivity contribution >= 4 is 21.4 Å². The molecule has 0 aromatic carbocycles. The molecule has 2 aromatic heterocycles. The summed E-state index contributed by atoms with van der Waals surface area (Å²) in [6.45, 7) is 3.93. The summed E-state index contributed by atoms with van der Waals surface area (Å²) in [5.41, 5.74) is 7.97. The Hall–Kier alpha value is -0.870. The van der Waals surface area contributed by atoms with Crippen molar-refractivity contribution in [1.29, 1.82) is 0 Å². The normalized spacial score (nSPS) is 13.4. The third-order valence-electron chi connectivity index (χ3n) is 2.22. The lowest BCUT2D eigenvalue weighted by Gasteiger charge is -2.04. The molecule has 0 saturated heterocycles. The number of hydrogen-bond acceptors (Lipinski definition) is 2. The third kappa shape index (κ3) is 1.44. The van der Waals surface area contributed by atoms with E-state index in [4.69, 9.17) is 5.73 Å². The summed E-state index contributed by atoms with van der Waals surface area (Å²) >= 11 is 3.44. The molecular formula is C10H12BrN3. The van der Waals surface area contributed by atoms with E-state index < -0.39 is 0 Å². The first-order valence-corrected chi connectivity index (χ1v) is 5.28. The molecule has 0 saturated carbocycles. The van der Waals surface area contributed by atoms with Crippen LogP contribution in [0.4, 0.5) is 0 Å². The van der Waals surface area contributed by atoms with E-state index in [9.17, 15) is 0 Å². The van der Waals surface area contributed by atoms with Gasteiger partial charge in [-0.2, -0.15) is 0 Å². The number of imidazole rings is 1. The van der Waals surface area contributed by atoms with E-state index in [0.717, 1.165) is 21.5 Å². The molecule has 0 fully saturated rings. The highest BCUT2D eigenvalue weighted by Gasteiger charge is 2.10. The monoisotopic (exact) mass is 253 g/mol. The lowest BCUT2D eigenvalue weighted by Crippen LogP contribution is -2.09. The van der Waals surface area contributed by atoms with Crippen LogP contribution < -0.4 is 5.73 Å². The first-order chi connectivity index (χ1) is 6.59. The maximum absolute atomic E-state index is 5.84. The second-order valence-electron chi connectivity index (χ2n) is 3.45. The van der Waals surface area contributed by atoms with Gasteiger partial charge in [0.1, 0.15) is 5.82 Å². The van der Waals surface area contributed by atoms with Crippen LogP contribution in [0.1, 0.15) is 24.5 Å². The number of pyridine rings is 1. The number of nitrogens with zero attached hydrogens (tertiary/aromatic N) is 2. The number of fused-ring (bicyclic) bond motifs is 1. The van der Waals surface area contributed by atoms with Gasteiger partial charge in [-0.05, 0) is 41.9 Å². The quantitative estimate of drug-likeness (QED) is 0.849. The average Bonchev–Trinajstić information content (AvgIpc) is 2.43. The van der Waals surface area contributed by atoms with Gasteiger partial charge >= 0.3 is 0 Å². The zero-order valence-corrected chi connectivity index (χ0v) is 9.75. The number of aryl methyl sites for hydroxylation is 1.